The van der Waals surface area contributed by atoms with Gasteiger partial charge in [-0.25, -0.2) is 4.39 Å². The third kappa shape index (κ3) is 2.81. The number of anilines is 1. The van der Waals surface area contributed by atoms with E-state index >= 15 is 0 Å². The van der Waals surface area contributed by atoms with Crippen molar-refractivity contribution in [3.8, 4) is 0 Å². The number of halogens is 1. The van der Waals surface area contributed by atoms with Crippen molar-refractivity contribution in [3.05, 3.63) is 29.6 Å². The van der Waals surface area contributed by atoms with Crippen LogP contribution in [0.1, 0.15) is 36.0 Å². The van der Waals surface area contributed by atoms with Gasteiger partial charge in [-0.05, 0) is 37.0 Å². The Kier molecular flexibility index (Phi) is 3.84. The molecule has 1 aromatic carbocycles. The smallest absolute Gasteiger partial charge is 0.253 e. The lowest BCUT2D eigenvalue weighted by atomic mass is 10.1. The summed E-state index contributed by atoms with van der Waals surface area (Å²) in [6.07, 6.45) is 4.92. The number of nitrogens with two attached hydrogens (primary N) is 1. The maximum absolute atomic E-state index is 13.0. The summed E-state index contributed by atoms with van der Waals surface area (Å²) in [5.74, 6) is 0.0374. The molecule has 1 aliphatic rings. The third-order valence-corrected chi connectivity index (χ3v) is 3.60. The molecule has 0 unspecified atom stereocenters. The van der Waals surface area contributed by atoms with Crippen LogP contribution in [0, 0.1) is 11.7 Å². The van der Waals surface area contributed by atoms with E-state index in [1.807, 2.05) is 0 Å². The lowest BCUT2D eigenvalue weighted by Crippen LogP contribution is -2.31. The van der Waals surface area contributed by atoms with Gasteiger partial charge in [0.2, 0.25) is 0 Å². The fourth-order valence-electron chi connectivity index (χ4n) is 2.56. The van der Waals surface area contributed by atoms with Gasteiger partial charge in [-0.2, -0.15) is 0 Å². The molecular formula is C14H19FN2O. The predicted molar refractivity (Wildman–Crippen MR) is 69.7 cm³/mol. The zero-order chi connectivity index (χ0) is 13.1. The number of carbonyl (C=O) groups is 1. The molecule has 1 fully saturated rings. The van der Waals surface area contributed by atoms with Gasteiger partial charge in [0.1, 0.15) is 5.82 Å². The van der Waals surface area contributed by atoms with Gasteiger partial charge < -0.3 is 10.6 Å². The molecular weight excluding hydrogens is 231 g/mol. The monoisotopic (exact) mass is 250 g/mol. The van der Waals surface area contributed by atoms with Crippen molar-refractivity contribution < 1.29 is 9.18 Å². The van der Waals surface area contributed by atoms with Gasteiger partial charge >= 0.3 is 0 Å². The zero-order valence-corrected chi connectivity index (χ0v) is 10.7. The Morgan fingerprint density at radius 1 is 1.44 bits per heavy atom. The maximum Gasteiger partial charge on any atom is 0.253 e. The van der Waals surface area contributed by atoms with E-state index < -0.39 is 5.82 Å². The highest BCUT2D eigenvalue weighted by Gasteiger charge is 2.20. The fourth-order valence-corrected chi connectivity index (χ4v) is 2.56. The Labute approximate surface area is 107 Å². The minimum Gasteiger partial charge on any atom is -0.396 e. The first-order chi connectivity index (χ1) is 8.58. The highest BCUT2D eigenvalue weighted by Crippen LogP contribution is 2.25. The van der Waals surface area contributed by atoms with Crippen LogP contribution in [-0.4, -0.2) is 24.4 Å². The fraction of sp³-hybridized carbons (Fsp3) is 0.500. The van der Waals surface area contributed by atoms with E-state index in [1.54, 1.807) is 11.9 Å². The number of hydrogen-bond acceptors (Lipinski definition) is 2. The number of benzene rings is 1. The number of nitrogens with zero attached hydrogens (tertiary/aromatic N) is 1. The highest BCUT2D eigenvalue weighted by molar-refractivity contribution is 5.94. The molecule has 1 aliphatic carbocycles. The van der Waals surface area contributed by atoms with Crippen LogP contribution in [0.15, 0.2) is 18.2 Å². The molecule has 4 heteroatoms. The van der Waals surface area contributed by atoms with Gasteiger partial charge in [0.15, 0.2) is 0 Å². The molecule has 0 aromatic heterocycles. The van der Waals surface area contributed by atoms with E-state index in [2.05, 4.69) is 0 Å². The normalized spacial score (nSPS) is 15.9. The summed E-state index contributed by atoms with van der Waals surface area (Å²) in [6.45, 7) is 0.774. The first kappa shape index (κ1) is 12.9. The Hall–Kier alpha value is -1.58. The van der Waals surface area contributed by atoms with Gasteiger partial charge in [0, 0.05) is 19.2 Å². The second-order valence-corrected chi connectivity index (χ2v) is 5.07. The molecule has 0 heterocycles. The lowest BCUT2D eigenvalue weighted by molar-refractivity contribution is 0.0773. The van der Waals surface area contributed by atoms with Gasteiger partial charge in [-0.1, -0.05) is 12.8 Å². The van der Waals surface area contributed by atoms with Crippen molar-refractivity contribution in [1.29, 1.82) is 0 Å². The molecule has 2 rings (SSSR count). The van der Waals surface area contributed by atoms with Gasteiger partial charge in [0.05, 0.1) is 5.69 Å². The number of carbonyl (C=O) groups excluding carboxylic acids is 1. The Morgan fingerprint density at radius 2 is 2.11 bits per heavy atom. The number of nitrogen functional groups attached to an aromatic ring is 1. The summed E-state index contributed by atoms with van der Waals surface area (Å²) in [4.78, 5) is 13.9. The minimum atomic E-state index is -0.481. The van der Waals surface area contributed by atoms with E-state index in [4.69, 9.17) is 5.73 Å². The Bertz CT molecular complexity index is 441. The van der Waals surface area contributed by atoms with E-state index in [9.17, 15) is 9.18 Å². The molecule has 2 N–H and O–H groups in total. The van der Waals surface area contributed by atoms with Crippen molar-refractivity contribution in [2.24, 2.45) is 5.92 Å². The number of rotatable bonds is 3. The average Bonchev–Trinajstić information content (AvgIpc) is 2.84. The molecule has 1 aromatic rings. The van der Waals surface area contributed by atoms with Crippen LogP contribution in [0.4, 0.5) is 10.1 Å². The number of hydrogen-bond donors (Lipinski definition) is 1. The molecule has 0 aliphatic heterocycles. The largest absolute Gasteiger partial charge is 0.396 e. The summed E-state index contributed by atoms with van der Waals surface area (Å²) in [7, 11) is 1.79. The Balaban J connectivity index is 2.02. The summed E-state index contributed by atoms with van der Waals surface area (Å²) in [5.41, 5.74) is 5.95. The topological polar surface area (TPSA) is 46.3 Å². The van der Waals surface area contributed by atoms with Crippen LogP contribution in [0.5, 0.6) is 0 Å². The van der Waals surface area contributed by atoms with Crippen LogP contribution < -0.4 is 5.73 Å². The van der Waals surface area contributed by atoms with Gasteiger partial charge in [0.25, 0.3) is 5.91 Å². The quantitative estimate of drug-likeness (QED) is 0.838. The summed E-state index contributed by atoms with van der Waals surface area (Å²) in [6, 6.07) is 4.13. The van der Waals surface area contributed by atoms with Gasteiger partial charge in [-0.3, -0.25) is 4.79 Å². The van der Waals surface area contributed by atoms with E-state index in [1.165, 1.54) is 43.9 Å². The first-order valence-electron chi connectivity index (χ1n) is 6.38. The zero-order valence-electron chi connectivity index (χ0n) is 10.7. The Morgan fingerprint density at radius 3 is 2.72 bits per heavy atom. The first-order valence-corrected chi connectivity index (χ1v) is 6.38. The van der Waals surface area contributed by atoms with Crippen molar-refractivity contribution in [3.63, 3.8) is 0 Å². The van der Waals surface area contributed by atoms with Crippen molar-refractivity contribution >= 4 is 11.6 Å². The average molecular weight is 250 g/mol. The molecule has 18 heavy (non-hydrogen) atoms. The minimum absolute atomic E-state index is 0.0233. The summed E-state index contributed by atoms with van der Waals surface area (Å²) < 4.78 is 13.0. The molecule has 0 atom stereocenters. The van der Waals surface area contributed by atoms with Crippen LogP contribution >= 0.6 is 0 Å². The van der Waals surface area contributed by atoms with Gasteiger partial charge in [-0.15, -0.1) is 0 Å². The van der Waals surface area contributed by atoms with E-state index in [-0.39, 0.29) is 11.6 Å². The summed E-state index contributed by atoms with van der Waals surface area (Å²) >= 11 is 0. The molecule has 0 bridgehead atoms. The molecule has 98 valence electrons. The standard InChI is InChI=1S/C14H19FN2O/c1-17(9-10-4-2-3-5-10)14(18)11-6-7-12(15)13(16)8-11/h6-8,10H,2-5,9,16H2,1H3. The van der Waals surface area contributed by atoms with Crippen LogP contribution in [-0.2, 0) is 0 Å². The molecule has 0 spiro atoms. The third-order valence-electron chi connectivity index (χ3n) is 3.60. The molecule has 0 radical (unpaired) electrons. The molecule has 0 saturated heterocycles. The van der Waals surface area contributed by atoms with Crippen LogP contribution in [0.3, 0.4) is 0 Å². The molecule has 1 saturated carbocycles. The maximum atomic E-state index is 13.0. The second-order valence-electron chi connectivity index (χ2n) is 5.07. The highest BCUT2D eigenvalue weighted by atomic mass is 19.1. The predicted octanol–water partition coefficient (Wildman–Crippen LogP) is 2.67. The van der Waals surface area contributed by atoms with Crippen molar-refractivity contribution in [2.45, 2.75) is 25.7 Å². The van der Waals surface area contributed by atoms with Crippen LogP contribution in [0.2, 0.25) is 0 Å². The van der Waals surface area contributed by atoms with Crippen LogP contribution in [0.25, 0.3) is 0 Å². The SMILES string of the molecule is CN(CC1CCCC1)C(=O)c1ccc(F)c(N)c1. The van der Waals surface area contributed by atoms with E-state index in [0.29, 0.717) is 11.5 Å². The van der Waals surface area contributed by atoms with Crippen molar-refractivity contribution in [1.82, 2.24) is 4.90 Å². The second kappa shape index (κ2) is 5.38. The molecule has 1 amide bonds. The van der Waals surface area contributed by atoms with Crippen molar-refractivity contribution in [2.75, 3.05) is 19.3 Å². The summed E-state index contributed by atoms with van der Waals surface area (Å²) in [5, 5.41) is 0. The lowest BCUT2D eigenvalue weighted by Gasteiger charge is -2.21. The van der Waals surface area contributed by atoms with E-state index in [0.717, 1.165) is 6.54 Å². The molecule has 3 nitrogen and oxygen atoms in total. The number of amides is 1.